The molecule has 0 saturated heterocycles. The minimum Gasteiger partial charge on any atom is -0.390 e. The summed E-state index contributed by atoms with van der Waals surface area (Å²) in [6.45, 7) is -0.203. The smallest absolute Gasteiger partial charge is 0.253 e. The van der Waals surface area contributed by atoms with Crippen LogP contribution in [0.5, 0.6) is 0 Å². The molecule has 0 aliphatic carbocycles. The molecule has 0 unspecified atom stereocenters. The summed E-state index contributed by atoms with van der Waals surface area (Å²) in [7, 11) is 2.96. The van der Waals surface area contributed by atoms with Crippen LogP contribution in [0.2, 0.25) is 6.43 Å². The van der Waals surface area contributed by atoms with Crippen molar-refractivity contribution in [2.24, 2.45) is 7.05 Å². The highest BCUT2D eigenvalue weighted by Gasteiger charge is 2.16. The summed E-state index contributed by atoms with van der Waals surface area (Å²) in [5, 5.41) is 20.0. The van der Waals surface area contributed by atoms with Crippen molar-refractivity contribution in [2.75, 3.05) is 17.7 Å². The molecule has 3 rings (SSSR count). The fourth-order valence-electron chi connectivity index (χ4n) is 2.54. The summed E-state index contributed by atoms with van der Waals surface area (Å²) in [5.74, 6) is -0.389. The highest BCUT2D eigenvalue weighted by Crippen LogP contribution is 2.31. The van der Waals surface area contributed by atoms with Gasteiger partial charge in [-0.05, 0) is 12.1 Å². The van der Waals surface area contributed by atoms with Crippen LogP contribution in [0.3, 0.4) is 0 Å². The number of aliphatic hydroxyl groups is 1. The molecular formula is C18H18ClFN6O2. The first-order valence-corrected chi connectivity index (χ1v) is 8.56. The lowest BCUT2D eigenvalue weighted by atomic mass is 10.1. The van der Waals surface area contributed by atoms with Crippen LogP contribution in [0, 0.1) is 5.82 Å². The van der Waals surface area contributed by atoms with E-state index >= 15 is 0 Å². The number of halogens is 2. The summed E-state index contributed by atoms with van der Waals surface area (Å²) in [5.41, 5.74) is 0.680. The number of benzene rings is 1. The first-order chi connectivity index (χ1) is 13.8. The van der Waals surface area contributed by atoms with Gasteiger partial charge >= 0.3 is 0 Å². The van der Waals surface area contributed by atoms with Crippen molar-refractivity contribution in [1.29, 1.82) is 0 Å². The number of para-hydroxylation sites is 1. The number of rotatable bonds is 6. The van der Waals surface area contributed by atoms with Gasteiger partial charge in [-0.1, -0.05) is 17.7 Å². The number of aromatic nitrogens is 3. The molecule has 28 heavy (non-hydrogen) atoms. The molecule has 4 N–H and O–H groups in total. The molecule has 1 amide bonds. The van der Waals surface area contributed by atoms with E-state index in [-0.39, 0.29) is 22.9 Å². The van der Waals surface area contributed by atoms with Crippen LogP contribution in [-0.4, -0.2) is 32.8 Å². The molecule has 2 heterocycles. The Morgan fingerprint density at radius 2 is 2.18 bits per heavy atom. The fraction of sp³-hybridized carbons (Fsp3) is 0.167. The summed E-state index contributed by atoms with van der Waals surface area (Å²) in [6.07, 6.45) is 1.37. The SMILES string of the molecule is [2H]N(C)C(=O)c1cccc(F)c1Nc1cc(Nc2cc(CO)nn2C)ncc1Cl. The van der Waals surface area contributed by atoms with E-state index < -0.39 is 11.7 Å². The largest absolute Gasteiger partial charge is 0.390 e. The number of aryl methyl sites for hydroxylation is 1. The Hall–Kier alpha value is -3.17. The lowest BCUT2D eigenvalue weighted by Gasteiger charge is -2.14. The van der Waals surface area contributed by atoms with E-state index in [0.29, 0.717) is 28.3 Å². The molecule has 0 spiro atoms. The van der Waals surface area contributed by atoms with E-state index in [1.54, 1.807) is 19.2 Å². The predicted molar refractivity (Wildman–Crippen MR) is 105 cm³/mol. The topological polar surface area (TPSA) is 104 Å². The van der Waals surface area contributed by atoms with Crippen LogP contribution in [0.4, 0.5) is 27.4 Å². The van der Waals surface area contributed by atoms with Gasteiger partial charge in [0.05, 0.1) is 40.5 Å². The zero-order chi connectivity index (χ0) is 21.1. The van der Waals surface area contributed by atoms with E-state index in [1.165, 1.54) is 36.1 Å². The van der Waals surface area contributed by atoms with Crippen LogP contribution < -0.4 is 15.9 Å². The molecule has 0 radical (unpaired) electrons. The maximum atomic E-state index is 14.4. The van der Waals surface area contributed by atoms with Crippen molar-refractivity contribution in [1.82, 2.24) is 20.1 Å². The third-order valence-electron chi connectivity index (χ3n) is 3.91. The maximum absolute atomic E-state index is 14.4. The molecule has 3 aromatic rings. The number of carbonyl (C=O) groups excluding carboxylic acids is 1. The number of hydrogen-bond acceptors (Lipinski definition) is 6. The number of aliphatic hydroxyl groups excluding tert-OH is 1. The minimum atomic E-state index is -0.679. The van der Waals surface area contributed by atoms with Gasteiger partial charge in [-0.2, -0.15) is 5.10 Å². The Kier molecular flexibility index (Phi) is 5.36. The Balaban J connectivity index is 1.94. The van der Waals surface area contributed by atoms with Gasteiger partial charge in [-0.25, -0.2) is 9.37 Å². The normalized spacial score (nSPS) is 11.1. The Labute approximate surface area is 166 Å². The number of hydrogen-bond donors (Lipinski definition) is 4. The van der Waals surface area contributed by atoms with Crippen LogP contribution in [0.1, 0.15) is 16.1 Å². The second-order valence-corrected chi connectivity index (χ2v) is 6.20. The number of nitrogens with zero attached hydrogens (tertiary/aromatic N) is 3. The first kappa shape index (κ1) is 18.2. The van der Waals surface area contributed by atoms with Gasteiger partial charge in [0.2, 0.25) is 0 Å². The number of amides is 1. The molecule has 0 bridgehead atoms. The van der Waals surface area contributed by atoms with Crippen molar-refractivity contribution < 1.29 is 15.7 Å². The molecule has 2 aromatic heterocycles. The zero-order valence-corrected chi connectivity index (χ0v) is 15.8. The average Bonchev–Trinajstić information content (AvgIpc) is 3.04. The summed E-state index contributed by atoms with van der Waals surface area (Å²) in [4.78, 5) is 16.4. The van der Waals surface area contributed by atoms with E-state index in [9.17, 15) is 14.3 Å². The molecule has 0 aliphatic heterocycles. The van der Waals surface area contributed by atoms with Gasteiger partial charge < -0.3 is 21.0 Å². The standard InChI is InChI=1S/C18H18ClFN6O2/c1-21-18(28)11-4-3-5-13(20)17(11)23-14-7-15(22-8-12(14)19)24-16-6-10(9-27)25-26(16)2/h3-8,27H,9H2,1-2H3,(H,21,28)(H2,22,23,24)/i/hD. The van der Waals surface area contributed by atoms with E-state index in [1.807, 2.05) is 0 Å². The van der Waals surface area contributed by atoms with Crippen molar-refractivity contribution in [3.63, 3.8) is 0 Å². The lowest BCUT2D eigenvalue weighted by Crippen LogP contribution is -2.19. The molecule has 8 nitrogen and oxygen atoms in total. The number of anilines is 4. The first-order valence-electron chi connectivity index (χ1n) is 8.63. The van der Waals surface area contributed by atoms with Gasteiger partial charge in [0.25, 0.3) is 5.91 Å². The van der Waals surface area contributed by atoms with Crippen molar-refractivity contribution in [3.8, 4) is 0 Å². The fourth-order valence-corrected chi connectivity index (χ4v) is 2.69. The highest BCUT2D eigenvalue weighted by molar-refractivity contribution is 6.33. The quantitative estimate of drug-likeness (QED) is 0.502. The molecule has 1 aromatic carbocycles. The predicted octanol–water partition coefficient (Wildman–Crippen LogP) is 2.95. The molecule has 146 valence electrons. The third kappa shape index (κ3) is 4.05. The molecule has 0 fully saturated rings. The molecular weight excluding hydrogens is 387 g/mol. The van der Waals surface area contributed by atoms with Crippen LogP contribution >= 0.6 is 11.6 Å². The van der Waals surface area contributed by atoms with Crippen LogP contribution in [0.25, 0.3) is 0 Å². The van der Waals surface area contributed by atoms with Crippen LogP contribution in [-0.2, 0) is 13.7 Å². The zero-order valence-electron chi connectivity index (χ0n) is 16.1. The number of pyridine rings is 1. The van der Waals surface area contributed by atoms with Crippen LogP contribution in [0.15, 0.2) is 36.5 Å². The summed E-state index contributed by atoms with van der Waals surface area (Å²) >= 11 is 6.20. The second-order valence-electron chi connectivity index (χ2n) is 5.79. The lowest BCUT2D eigenvalue weighted by molar-refractivity contribution is 0.0963. The second kappa shape index (κ2) is 8.24. The Morgan fingerprint density at radius 1 is 1.39 bits per heavy atom. The van der Waals surface area contributed by atoms with Gasteiger partial charge in [-0.3, -0.25) is 9.48 Å². The molecule has 0 aliphatic rings. The average molecular weight is 406 g/mol. The van der Waals surface area contributed by atoms with Crippen molar-refractivity contribution in [2.45, 2.75) is 6.61 Å². The molecule has 0 atom stereocenters. The van der Waals surface area contributed by atoms with E-state index in [2.05, 4.69) is 20.7 Å². The Morgan fingerprint density at radius 3 is 2.86 bits per heavy atom. The van der Waals surface area contributed by atoms with Gasteiger partial charge in [-0.15, -0.1) is 0 Å². The van der Waals surface area contributed by atoms with E-state index in [4.69, 9.17) is 13.0 Å². The van der Waals surface area contributed by atoms with Gasteiger partial charge in [0.15, 0.2) is 1.41 Å². The summed E-state index contributed by atoms with van der Waals surface area (Å²) in [6, 6.07) is 7.20. The number of nitrogens with one attached hydrogen (secondary N) is 3. The van der Waals surface area contributed by atoms with Gasteiger partial charge in [0, 0.05) is 26.2 Å². The van der Waals surface area contributed by atoms with Crippen molar-refractivity contribution >= 4 is 40.5 Å². The van der Waals surface area contributed by atoms with Gasteiger partial charge in [0.1, 0.15) is 17.5 Å². The number of carbonyl (C=O) groups is 1. The third-order valence-corrected chi connectivity index (χ3v) is 4.21. The van der Waals surface area contributed by atoms with E-state index in [0.717, 1.165) is 0 Å². The molecule has 0 saturated carbocycles. The minimum absolute atomic E-state index is 0.0101. The summed E-state index contributed by atoms with van der Waals surface area (Å²) < 4.78 is 23.4. The maximum Gasteiger partial charge on any atom is 0.253 e. The monoisotopic (exact) mass is 405 g/mol. The van der Waals surface area contributed by atoms with Crippen molar-refractivity contribution in [3.05, 3.63) is 58.6 Å². The highest BCUT2D eigenvalue weighted by atomic mass is 35.5. The Bertz CT molecular complexity index is 1060. The molecule has 10 heteroatoms.